The summed E-state index contributed by atoms with van der Waals surface area (Å²) in [6.07, 6.45) is 6.28. The van der Waals surface area contributed by atoms with Gasteiger partial charge in [-0.15, -0.1) is 0 Å². The van der Waals surface area contributed by atoms with Crippen molar-refractivity contribution in [2.75, 3.05) is 20.8 Å². The largest absolute Gasteiger partial charge is 0.493 e. The molecule has 1 amide bonds. The van der Waals surface area contributed by atoms with Crippen LogP contribution in [-0.4, -0.2) is 49.7 Å². The Hall–Kier alpha value is -2.24. The smallest absolute Gasteiger partial charge is 0.318 e. The van der Waals surface area contributed by atoms with E-state index in [1.54, 1.807) is 7.11 Å². The lowest BCUT2D eigenvalue weighted by Crippen LogP contribution is -2.31. The van der Waals surface area contributed by atoms with E-state index in [4.69, 9.17) is 14.2 Å². The summed E-state index contributed by atoms with van der Waals surface area (Å²) in [4.78, 5) is 26.3. The average molecular weight is 373 g/mol. The molecule has 1 aromatic carbocycles. The van der Waals surface area contributed by atoms with Crippen molar-refractivity contribution in [1.82, 2.24) is 4.90 Å². The molecule has 3 atom stereocenters. The summed E-state index contributed by atoms with van der Waals surface area (Å²) in [7, 11) is 3.00. The van der Waals surface area contributed by atoms with E-state index in [-0.39, 0.29) is 24.0 Å². The van der Waals surface area contributed by atoms with Gasteiger partial charge in [0, 0.05) is 18.5 Å². The molecule has 146 valence electrons. The maximum absolute atomic E-state index is 12.5. The van der Waals surface area contributed by atoms with Crippen LogP contribution in [0.4, 0.5) is 0 Å². The van der Waals surface area contributed by atoms with Crippen LogP contribution in [0, 0.1) is 5.92 Å². The van der Waals surface area contributed by atoms with Gasteiger partial charge >= 0.3 is 5.97 Å². The fraction of sp³-hybridized carbons (Fsp3) is 0.619. The number of nitrogens with zero attached hydrogens (tertiary/aromatic N) is 1. The zero-order chi connectivity index (χ0) is 19.0. The predicted octanol–water partition coefficient (Wildman–Crippen LogP) is 2.89. The molecule has 1 aliphatic carbocycles. The molecule has 0 radical (unpaired) electrons. The fourth-order valence-electron chi connectivity index (χ4n) is 4.89. The van der Waals surface area contributed by atoms with Crippen molar-refractivity contribution < 1.29 is 23.8 Å². The number of esters is 1. The minimum absolute atomic E-state index is 0.0503. The molecule has 1 unspecified atom stereocenters. The van der Waals surface area contributed by atoms with Gasteiger partial charge < -0.3 is 19.1 Å². The van der Waals surface area contributed by atoms with Crippen LogP contribution in [0.3, 0.4) is 0 Å². The summed E-state index contributed by atoms with van der Waals surface area (Å²) in [6.45, 7) is 0.687. The van der Waals surface area contributed by atoms with Crippen molar-refractivity contribution in [3.05, 3.63) is 23.8 Å². The Labute approximate surface area is 159 Å². The van der Waals surface area contributed by atoms with E-state index in [9.17, 15) is 9.59 Å². The van der Waals surface area contributed by atoms with Crippen LogP contribution in [0.2, 0.25) is 0 Å². The van der Waals surface area contributed by atoms with Crippen LogP contribution < -0.4 is 9.47 Å². The second-order valence-electron chi connectivity index (χ2n) is 7.74. The lowest BCUT2D eigenvalue weighted by Gasteiger charge is -2.22. The number of benzene rings is 1. The summed E-state index contributed by atoms with van der Waals surface area (Å²) >= 11 is 0. The summed E-state index contributed by atoms with van der Waals surface area (Å²) in [5.41, 5.74) is 1.15. The van der Waals surface area contributed by atoms with Gasteiger partial charge in [-0.3, -0.25) is 9.59 Å². The molecule has 2 heterocycles. The zero-order valence-electron chi connectivity index (χ0n) is 16.0. The average Bonchev–Trinajstić information content (AvgIpc) is 3.40. The molecular weight excluding hydrogens is 346 g/mol. The number of hydrogen-bond donors (Lipinski definition) is 0. The molecule has 3 aliphatic rings. The minimum atomic E-state index is -0.657. The Morgan fingerprint density at radius 3 is 2.59 bits per heavy atom. The van der Waals surface area contributed by atoms with Crippen molar-refractivity contribution in [3.8, 4) is 11.5 Å². The number of rotatable bonds is 5. The third-order valence-electron chi connectivity index (χ3n) is 6.30. The van der Waals surface area contributed by atoms with Crippen LogP contribution in [0.5, 0.6) is 11.5 Å². The number of hydrogen-bond acceptors (Lipinski definition) is 5. The van der Waals surface area contributed by atoms with E-state index in [2.05, 4.69) is 12.1 Å². The first-order valence-electron chi connectivity index (χ1n) is 9.85. The third kappa shape index (κ3) is 3.26. The van der Waals surface area contributed by atoms with Crippen LogP contribution in [-0.2, 0) is 14.3 Å². The van der Waals surface area contributed by atoms with Crippen molar-refractivity contribution in [3.63, 3.8) is 0 Å². The van der Waals surface area contributed by atoms with Gasteiger partial charge in [0.15, 0.2) is 11.5 Å². The van der Waals surface area contributed by atoms with Gasteiger partial charge in [-0.1, -0.05) is 6.07 Å². The van der Waals surface area contributed by atoms with Gasteiger partial charge in [-0.2, -0.15) is 0 Å². The second-order valence-corrected chi connectivity index (χ2v) is 7.74. The number of carbonyl (C=O) groups is 2. The fourth-order valence-corrected chi connectivity index (χ4v) is 4.89. The first-order valence-corrected chi connectivity index (χ1v) is 9.85. The van der Waals surface area contributed by atoms with Gasteiger partial charge in [0.25, 0.3) is 0 Å². The zero-order valence-corrected chi connectivity index (χ0v) is 16.0. The van der Waals surface area contributed by atoms with Gasteiger partial charge in [0.05, 0.1) is 20.3 Å². The summed E-state index contributed by atoms with van der Waals surface area (Å²) in [6, 6.07) is 6.14. The Morgan fingerprint density at radius 2 is 1.89 bits per heavy atom. The highest BCUT2D eigenvalue weighted by atomic mass is 16.5. The van der Waals surface area contributed by atoms with Crippen molar-refractivity contribution in [1.29, 1.82) is 0 Å². The topological polar surface area (TPSA) is 65.1 Å². The van der Waals surface area contributed by atoms with Crippen molar-refractivity contribution in [2.45, 2.75) is 56.6 Å². The van der Waals surface area contributed by atoms with E-state index >= 15 is 0 Å². The molecule has 0 aromatic heterocycles. The molecule has 1 saturated carbocycles. The number of ether oxygens (including phenoxy) is 3. The molecule has 0 spiro atoms. The van der Waals surface area contributed by atoms with E-state index < -0.39 is 11.9 Å². The highest BCUT2D eigenvalue weighted by Crippen LogP contribution is 2.44. The molecule has 6 nitrogen and oxygen atoms in total. The van der Waals surface area contributed by atoms with Gasteiger partial charge in [0.1, 0.15) is 5.92 Å². The van der Waals surface area contributed by atoms with Crippen molar-refractivity contribution >= 4 is 11.9 Å². The SMILES string of the molecule is COC(=O)C1C[C@H]2[C@H](c3ccc(OC)c(OC4CCCC4)c3)CCN2C1=O. The molecule has 6 heteroatoms. The maximum atomic E-state index is 12.5. The van der Waals surface area contributed by atoms with Gasteiger partial charge in [-0.25, -0.2) is 0 Å². The summed E-state index contributed by atoms with van der Waals surface area (Å²) in [5.74, 6) is 0.568. The molecule has 3 fully saturated rings. The molecule has 0 N–H and O–H groups in total. The van der Waals surface area contributed by atoms with E-state index in [0.717, 1.165) is 36.3 Å². The predicted molar refractivity (Wildman–Crippen MR) is 98.9 cm³/mol. The lowest BCUT2D eigenvalue weighted by molar-refractivity contribution is -0.150. The highest BCUT2D eigenvalue weighted by Gasteiger charge is 2.50. The molecular formula is C21H27NO5. The Balaban J connectivity index is 1.56. The normalized spacial score (nSPS) is 27.7. The Bertz CT molecular complexity index is 727. The maximum Gasteiger partial charge on any atom is 0.318 e. The van der Waals surface area contributed by atoms with Gasteiger partial charge in [0.2, 0.25) is 5.91 Å². The summed E-state index contributed by atoms with van der Waals surface area (Å²) in [5, 5.41) is 0. The molecule has 0 bridgehead atoms. The van der Waals surface area contributed by atoms with Crippen LogP contribution >= 0.6 is 0 Å². The Kier molecular flexibility index (Phi) is 4.98. The molecule has 4 rings (SSSR count). The monoisotopic (exact) mass is 373 g/mol. The van der Waals surface area contributed by atoms with Crippen LogP contribution in [0.25, 0.3) is 0 Å². The van der Waals surface area contributed by atoms with Crippen LogP contribution in [0.1, 0.15) is 50.0 Å². The lowest BCUT2D eigenvalue weighted by atomic mass is 9.88. The number of fused-ring (bicyclic) bond motifs is 1. The van der Waals surface area contributed by atoms with Gasteiger partial charge in [-0.05, 0) is 56.2 Å². The summed E-state index contributed by atoms with van der Waals surface area (Å²) < 4.78 is 16.5. The highest BCUT2D eigenvalue weighted by molar-refractivity contribution is 5.99. The minimum Gasteiger partial charge on any atom is -0.493 e. The third-order valence-corrected chi connectivity index (χ3v) is 6.30. The number of methoxy groups -OCH3 is 2. The second kappa shape index (κ2) is 7.41. The number of carbonyl (C=O) groups excluding carboxylic acids is 2. The molecule has 1 aromatic rings. The first kappa shape index (κ1) is 18.1. The van der Waals surface area contributed by atoms with E-state index in [1.165, 1.54) is 20.0 Å². The standard InChI is InChI=1S/C21H27NO5/c1-25-18-8-7-13(11-19(18)27-14-5-3-4-6-14)15-9-10-22-17(15)12-16(20(22)23)21(24)26-2/h7-8,11,14-17H,3-6,9-10,12H2,1-2H3/t15-,16?,17-/m0/s1. The Morgan fingerprint density at radius 1 is 1.11 bits per heavy atom. The van der Waals surface area contributed by atoms with Crippen molar-refractivity contribution in [2.24, 2.45) is 5.92 Å². The number of amides is 1. The molecule has 2 saturated heterocycles. The van der Waals surface area contributed by atoms with E-state index in [0.29, 0.717) is 13.0 Å². The van der Waals surface area contributed by atoms with E-state index in [1.807, 2.05) is 11.0 Å². The molecule has 27 heavy (non-hydrogen) atoms. The first-order chi connectivity index (χ1) is 13.1. The molecule has 2 aliphatic heterocycles. The quantitative estimate of drug-likeness (QED) is 0.587. The van der Waals surface area contributed by atoms with Crippen LogP contribution in [0.15, 0.2) is 18.2 Å².